The van der Waals surface area contributed by atoms with Crippen LogP contribution in [-0.2, 0) is 35.1 Å². The third kappa shape index (κ3) is 9.44. The van der Waals surface area contributed by atoms with Gasteiger partial charge in [-0.25, -0.2) is 19.6 Å². The molecule has 314 valence electrons. The van der Waals surface area contributed by atoms with Crippen LogP contribution in [0.2, 0.25) is 0 Å². The molecular formula is C43H54N8O8. The number of imidazole rings is 2. The highest BCUT2D eigenvalue weighted by atomic mass is 16.5. The largest absolute Gasteiger partial charge is 0.453 e. The molecule has 2 bridgehead atoms. The van der Waals surface area contributed by atoms with Gasteiger partial charge >= 0.3 is 12.2 Å². The highest BCUT2D eigenvalue weighted by Gasteiger charge is 2.39. The Hall–Kier alpha value is -5.74. The maximum absolute atomic E-state index is 13.8. The van der Waals surface area contributed by atoms with Crippen LogP contribution in [-0.4, -0.2) is 113 Å². The van der Waals surface area contributed by atoms with Crippen LogP contribution in [0.1, 0.15) is 81.8 Å². The quantitative estimate of drug-likeness (QED) is 0.167. The van der Waals surface area contributed by atoms with E-state index in [9.17, 15) is 19.2 Å². The number of hydrogen-bond donors (Lipinski definition) is 4. The molecule has 4 aromatic rings. The van der Waals surface area contributed by atoms with Gasteiger partial charge in [0.25, 0.3) is 0 Å². The minimum atomic E-state index is -0.876. The van der Waals surface area contributed by atoms with Crippen LogP contribution < -0.4 is 10.6 Å². The minimum absolute atomic E-state index is 0.0490. The molecule has 2 aromatic heterocycles. The Morgan fingerprint density at radius 1 is 0.797 bits per heavy atom. The number of aromatic amines is 2. The molecule has 0 spiro atoms. The summed E-state index contributed by atoms with van der Waals surface area (Å²) in [7, 11) is 2.56. The van der Waals surface area contributed by atoms with Gasteiger partial charge in [0.1, 0.15) is 23.7 Å². The van der Waals surface area contributed by atoms with Crippen molar-refractivity contribution in [2.75, 3.05) is 47.1 Å². The molecule has 4 amide bonds. The zero-order chi connectivity index (χ0) is 41.5. The predicted molar refractivity (Wildman–Crippen MR) is 218 cm³/mol. The fraction of sp³-hybridized carbons (Fsp3) is 0.488. The number of nitrogens with one attached hydrogen (secondary N) is 4. The van der Waals surface area contributed by atoms with E-state index in [0.717, 1.165) is 77.9 Å². The highest BCUT2D eigenvalue weighted by molar-refractivity contribution is 5.87. The van der Waals surface area contributed by atoms with Crippen LogP contribution in [0.5, 0.6) is 0 Å². The van der Waals surface area contributed by atoms with Crippen molar-refractivity contribution in [1.82, 2.24) is 40.4 Å². The fourth-order valence-corrected chi connectivity index (χ4v) is 8.11. The Morgan fingerprint density at radius 3 is 2.14 bits per heavy atom. The standard InChI is InChI=1S/C43H54N8O8/c1-26(2)36(49-43(55)57-4)41(53)51-20-7-9-34(51)38-44-23-31(45-38)29-15-11-27(12-16-29)28-13-17-30(18-14-28)37-32-24-58-21-5-6-22-59-25-33(47-42(54)56-3)40(52)50-19-8-10-35(50)39(46-32)48-37/h11-18,23,26,33-36H,5-10,19-22,24-25H2,1-4H3,(H,44,45)(H,46,48)(H,47,54)(H,49,55)/t33-,34-,35-,36-/m0/s1. The zero-order valence-electron chi connectivity index (χ0n) is 34.1. The lowest BCUT2D eigenvalue weighted by molar-refractivity contribution is -0.136. The van der Waals surface area contributed by atoms with Crippen molar-refractivity contribution < 1.29 is 38.1 Å². The molecule has 3 aliphatic rings. The summed E-state index contributed by atoms with van der Waals surface area (Å²) in [6, 6.07) is 14.4. The second kappa shape index (κ2) is 18.9. The Morgan fingerprint density at radius 2 is 1.44 bits per heavy atom. The molecule has 16 heteroatoms. The molecule has 0 radical (unpaired) electrons. The molecule has 59 heavy (non-hydrogen) atoms. The molecule has 4 N–H and O–H groups in total. The van der Waals surface area contributed by atoms with Gasteiger partial charge in [-0.1, -0.05) is 62.4 Å². The van der Waals surface area contributed by atoms with Crippen LogP contribution in [0.3, 0.4) is 0 Å². The molecule has 2 aromatic carbocycles. The summed E-state index contributed by atoms with van der Waals surface area (Å²) in [6.07, 6.45) is 5.16. The number of aromatic nitrogens is 4. The third-order valence-electron chi connectivity index (χ3n) is 11.3. The molecular weight excluding hydrogens is 757 g/mol. The van der Waals surface area contributed by atoms with E-state index in [0.29, 0.717) is 44.6 Å². The summed E-state index contributed by atoms with van der Waals surface area (Å²) in [5.74, 6) is 0.909. The number of H-pyrrole nitrogens is 2. The first-order chi connectivity index (χ1) is 28.6. The number of ether oxygens (including phenoxy) is 4. The number of methoxy groups -OCH3 is 2. The molecule has 2 saturated heterocycles. The Bertz CT molecular complexity index is 2080. The first-order valence-electron chi connectivity index (χ1n) is 20.5. The summed E-state index contributed by atoms with van der Waals surface area (Å²) in [5, 5.41) is 5.35. The molecule has 4 atom stereocenters. The lowest BCUT2D eigenvalue weighted by Crippen LogP contribution is -2.51. The van der Waals surface area contributed by atoms with Crippen molar-refractivity contribution in [2.45, 2.75) is 83.1 Å². The van der Waals surface area contributed by atoms with E-state index in [1.807, 2.05) is 26.0 Å². The van der Waals surface area contributed by atoms with Crippen LogP contribution in [0.4, 0.5) is 9.59 Å². The second-order valence-corrected chi connectivity index (χ2v) is 15.5. The third-order valence-corrected chi connectivity index (χ3v) is 11.3. The number of carbonyl (C=O) groups is 4. The van der Waals surface area contributed by atoms with Crippen LogP contribution >= 0.6 is 0 Å². The van der Waals surface area contributed by atoms with Gasteiger partial charge in [0, 0.05) is 31.9 Å². The zero-order valence-corrected chi connectivity index (χ0v) is 34.1. The van der Waals surface area contributed by atoms with Gasteiger partial charge in [0.2, 0.25) is 11.8 Å². The molecule has 0 aliphatic carbocycles. The summed E-state index contributed by atoms with van der Waals surface area (Å²) >= 11 is 0. The number of likely N-dealkylation sites (tertiary alicyclic amines) is 1. The smallest absolute Gasteiger partial charge is 0.407 e. The van der Waals surface area contributed by atoms with E-state index in [1.54, 1.807) is 16.0 Å². The topological polar surface area (TPSA) is 193 Å². The summed E-state index contributed by atoms with van der Waals surface area (Å²) in [4.78, 5) is 71.8. The number of alkyl carbamates (subject to hydrolysis) is 2. The Balaban J connectivity index is 1.06. The minimum Gasteiger partial charge on any atom is -0.453 e. The van der Waals surface area contributed by atoms with E-state index < -0.39 is 24.3 Å². The highest BCUT2D eigenvalue weighted by Crippen LogP contribution is 2.36. The van der Waals surface area contributed by atoms with E-state index >= 15 is 0 Å². The van der Waals surface area contributed by atoms with Gasteiger partial charge in [-0.15, -0.1) is 0 Å². The van der Waals surface area contributed by atoms with Crippen LogP contribution in [0.25, 0.3) is 33.6 Å². The van der Waals surface area contributed by atoms with Gasteiger partial charge in [-0.3, -0.25) is 9.59 Å². The molecule has 7 rings (SSSR count). The number of hydrogen-bond acceptors (Lipinski definition) is 10. The molecule has 3 aliphatic heterocycles. The van der Waals surface area contributed by atoms with Crippen molar-refractivity contribution in [1.29, 1.82) is 0 Å². The maximum Gasteiger partial charge on any atom is 0.407 e. The van der Waals surface area contributed by atoms with Gasteiger partial charge in [0.05, 0.1) is 62.8 Å². The van der Waals surface area contributed by atoms with Crippen LogP contribution in [0, 0.1) is 5.92 Å². The average molecular weight is 811 g/mol. The molecule has 5 heterocycles. The average Bonchev–Trinajstić information content (AvgIpc) is 4.09. The van der Waals surface area contributed by atoms with Crippen molar-refractivity contribution in [3.63, 3.8) is 0 Å². The predicted octanol–water partition coefficient (Wildman–Crippen LogP) is 5.89. The van der Waals surface area contributed by atoms with E-state index in [2.05, 4.69) is 62.0 Å². The Kier molecular flexibility index (Phi) is 13.3. The lowest BCUT2D eigenvalue weighted by Gasteiger charge is -2.30. The normalized spacial score (nSPS) is 20.7. The van der Waals surface area contributed by atoms with Crippen molar-refractivity contribution in [3.8, 4) is 33.6 Å². The first-order valence-corrected chi connectivity index (χ1v) is 20.5. The summed E-state index contributed by atoms with van der Waals surface area (Å²) < 4.78 is 21.4. The number of nitrogens with zero attached hydrogens (tertiary/aromatic N) is 4. The first kappa shape index (κ1) is 41.4. The molecule has 16 nitrogen and oxygen atoms in total. The fourth-order valence-electron chi connectivity index (χ4n) is 8.11. The molecule has 0 saturated carbocycles. The number of amides is 4. The second-order valence-electron chi connectivity index (χ2n) is 15.5. The van der Waals surface area contributed by atoms with E-state index in [4.69, 9.17) is 23.9 Å². The van der Waals surface area contributed by atoms with Crippen molar-refractivity contribution in [2.24, 2.45) is 5.92 Å². The maximum atomic E-state index is 13.8. The molecule has 2 fully saturated rings. The van der Waals surface area contributed by atoms with Gasteiger partial charge < -0.3 is 49.3 Å². The monoisotopic (exact) mass is 810 g/mol. The number of rotatable bonds is 8. The van der Waals surface area contributed by atoms with E-state index in [1.165, 1.54) is 14.2 Å². The van der Waals surface area contributed by atoms with Crippen molar-refractivity contribution >= 4 is 24.0 Å². The van der Waals surface area contributed by atoms with Crippen molar-refractivity contribution in [3.05, 3.63) is 72.1 Å². The number of benzene rings is 2. The molecule has 0 unspecified atom stereocenters. The number of carbonyl (C=O) groups excluding carboxylic acids is 4. The summed E-state index contributed by atoms with van der Waals surface area (Å²) in [6.45, 7) is 6.30. The van der Waals surface area contributed by atoms with Gasteiger partial charge in [0.15, 0.2) is 0 Å². The van der Waals surface area contributed by atoms with Gasteiger partial charge in [-0.05, 0) is 61.1 Å². The van der Waals surface area contributed by atoms with E-state index in [-0.39, 0.29) is 36.4 Å². The van der Waals surface area contributed by atoms with Gasteiger partial charge in [-0.2, -0.15) is 0 Å². The number of fused-ring (bicyclic) bond motifs is 4. The van der Waals surface area contributed by atoms with Crippen LogP contribution in [0.15, 0.2) is 54.7 Å². The summed E-state index contributed by atoms with van der Waals surface area (Å²) in [5.41, 5.74) is 6.43. The lowest BCUT2D eigenvalue weighted by atomic mass is 10.0. The Labute approximate surface area is 343 Å². The SMILES string of the molecule is COC(=O)N[C@H]1COCCCCOCc2[nH]c(nc2-c2ccc(-c3ccc(-c4cnc([C@@H]5CCCN5C(=O)[C@@H](NC(=O)OC)C(C)C)[nH]4)cc3)cc2)[C@@H]2CCCN2C1=O.